The van der Waals surface area contributed by atoms with Gasteiger partial charge in [0.05, 0.1) is 15.7 Å². The van der Waals surface area contributed by atoms with Crippen molar-refractivity contribution < 1.29 is 0 Å². The van der Waals surface area contributed by atoms with Crippen LogP contribution in [0, 0.1) is 0 Å². The van der Waals surface area contributed by atoms with Crippen LogP contribution in [0.4, 0.5) is 0 Å². The van der Waals surface area contributed by atoms with E-state index in [-0.39, 0.29) is 0 Å². The maximum Gasteiger partial charge on any atom is 0.122 e. The van der Waals surface area contributed by atoms with Gasteiger partial charge in [0.2, 0.25) is 0 Å². The molecule has 0 saturated heterocycles. The van der Waals surface area contributed by atoms with Crippen molar-refractivity contribution in [2.45, 2.75) is 0 Å². The predicted molar refractivity (Wildman–Crippen MR) is 118 cm³/mol. The summed E-state index contributed by atoms with van der Waals surface area (Å²) in [6.07, 6.45) is 0. The number of fused-ring (bicyclic) bond motifs is 7. The van der Waals surface area contributed by atoms with Crippen molar-refractivity contribution in [3.8, 4) is 11.1 Å². The van der Waals surface area contributed by atoms with Crippen molar-refractivity contribution >= 4 is 53.6 Å². The maximum atomic E-state index is 2.37. The van der Waals surface area contributed by atoms with Crippen molar-refractivity contribution in [2.75, 3.05) is 0 Å². The van der Waals surface area contributed by atoms with Crippen LogP contribution in [-0.4, -0.2) is 9.13 Å². The first-order chi connectivity index (χ1) is 13.2. The van der Waals surface area contributed by atoms with Crippen LogP contribution in [0.2, 0.25) is 0 Å². The molecule has 0 aliphatic carbocycles. The molecule has 2 nitrogen and oxygen atoms in total. The largest absolute Gasteiger partial charge is 0.330 e. The smallest absolute Gasteiger partial charge is 0.122 e. The van der Waals surface area contributed by atoms with Gasteiger partial charge in [0, 0.05) is 35.0 Å². The summed E-state index contributed by atoms with van der Waals surface area (Å²) in [7, 11) is 4.38. The number of rotatable bonds is 1. The normalized spacial score (nSPS) is 12.1. The molecule has 0 aliphatic heterocycles. The van der Waals surface area contributed by atoms with Crippen LogP contribution in [0.15, 0.2) is 72.8 Å². The summed E-state index contributed by atoms with van der Waals surface area (Å²) in [6.45, 7) is 0. The first-order valence-electron chi connectivity index (χ1n) is 9.17. The Bertz CT molecular complexity index is 1480. The molecule has 3 aromatic carbocycles. The van der Waals surface area contributed by atoms with E-state index in [1.807, 2.05) is 11.3 Å². The lowest BCUT2D eigenvalue weighted by atomic mass is 10.0. The summed E-state index contributed by atoms with van der Waals surface area (Å²) in [5.41, 5.74) is 6.46. The second-order valence-corrected chi connectivity index (χ2v) is 8.24. The maximum absolute atomic E-state index is 2.37. The zero-order chi connectivity index (χ0) is 18.1. The first-order valence-corrected chi connectivity index (χ1v) is 9.99. The Morgan fingerprint density at radius 2 is 1.48 bits per heavy atom. The molecular weight excluding hydrogens is 348 g/mol. The summed E-state index contributed by atoms with van der Waals surface area (Å²) in [4.78, 5) is 0. The summed E-state index contributed by atoms with van der Waals surface area (Å²) < 4.78 is 7.47. The van der Waals surface area contributed by atoms with E-state index in [4.69, 9.17) is 0 Å². The standard InChI is InChI=1S/C24H18N2S/c1-25-19-14-16(15-8-4-3-5-9-15)12-13-17(19)21-23-22(26(2)24(21)25)18-10-6-7-11-20(18)27-23/h3-14H,1-2H3. The van der Waals surface area contributed by atoms with Gasteiger partial charge < -0.3 is 9.13 Å². The van der Waals surface area contributed by atoms with E-state index in [0.29, 0.717) is 0 Å². The molecule has 6 rings (SSSR count). The van der Waals surface area contributed by atoms with Gasteiger partial charge in [-0.1, -0.05) is 60.7 Å². The molecule has 6 aromatic rings. The minimum absolute atomic E-state index is 1.26. The predicted octanol–water partition coefficient (Wildman–Crippen LogP) is 6.70. The van der Waals surface area contributed by atoms with Crippen molar-refractivity contribution in [1.82, 2.24) is 9.13 Å². The van der Waals surface area contributed by atoms with Gasteiger partial charge in [0.25, 0.3) is 0 Å². The van der Waals surface area contributed by atoms with Gasteiger partial charge in [-0.3, -0.25) is 0 Å². The molecular formula is C24H18N2S. The number of aryl methyl sites for hydroxylation is 2. The molecule has 0 N–H and O–H groups in total. The van der Waals surface area contributed by atoms with E-state index in [9.17, 15) is 0 Å². The second-order valence-electron chi connectivity index (χ2n) is 7.19. The minimum Gasteiger partial charge on any atom is -0.330 e. The molecule has 0 aliphatic rings. The molecule has 0 atom stereocenters. The Morgan fingerprint density at radius 1 is 0.704 bits per heavy atom. The molecule has 0 fully saturated rings. The van der Waals surface area contributed by atoms with Gasteiger partial charge in [0.15, 0.2) is 0 Å². The van der Waals surface area contributed by atoms with E-state index < -0.39 is 0 Å². The fourth-order valence-electron chi connectivity index (χ4n) is 4.49. The second kappa shape index (κ2) is 5.24. The van der Waals surface area contributed by atoms with E-state index >= 15 is 0 Å². The van der Waals surface area contributed by atoms with Crippen LogP contribution < -0.4 is 0 Å². The topological polar surface area (TPSA) is 9.86 Å². The van der Waals surface area contributed by atoms with Gasteiger partial charge >= 0.3 is 0 Å². The molecule has 27 heavy (non-hydrogen) atoms. The third-order valence-corrected chi connectivity index (χ3v) is 6.90. The lowest BCUT2D eigenvalue weighted by Crippen LogP contribution is -1.95. The quantitative estimate of drug-likeness (QED) is 0.306. The van der Waals surface area contributed by atoms with E-state index in [1.165, 1.54) is 53.4 Å². The highest BCUT2D eigenvalue weighted by molar-refractivity contribution is 7.26. The van der Waals surface area contributed by atoms with Crippen LogP contribution >= 0.6 is 11.3 Å². The minimum atomic E-state index is 1.26. The monoisotopic (exact) mass is 366 g/mol. The van der Waals surface area contributed by atoms with Crippen molar-refractivity contribution in [3.63, 3.8) is 0 Å². The van der Waals surface area contributed by atoms with Crippen LogP contribution in [0.3, 0.4) is 0 Å². The lowest BCUT2D eigenvalue weighted by Gasteiger charge is -2.05. The Kier molecular flexibility index (Phi) is 2.92. The Balaban J connectivity index is 1.76. The Hall–Kier alpha value is -3.04. The Labute approximate surface area is 160 Å². The fraction of sp³-hybridized carbons (Fsp3) is 0.0833. The summed E-state index contributed by atoms with van der Waals surface area (Å²) in [5.74, 6) is 0. The van der Waals surface area contributed by atoms with Gasteiger partial charge in [-0.2, -0.15) is 0 Å². The lowest BCUT2D eigenvalue weighted by molar-refractivity contribution is 0.910. The number of hydrogen-bond acceptors (Lipinski definition) is 1. The third-order valence-electron chi connectivity index (χ3n) is 5.73. The molecule has 0 bridgehead atoms. The van der Waals surface area contributed by atoms with Crippen molar-refractivity contribution in [1.29, 1.82) is 0 Å². The number of thiophene rings is 1. The van der Waals surface area contributed by atoms with E-state index in [2.05, 4.69) is 96.0 Å². The zero-order valence-electron chi connectivity index (χ0n) is 15.2. The molecule has 0 spiro atoms. The molecule has 3 heterocycles. The number of hydrogen-bond donors (Lipinski definition) is 0. The summed E-state index contributed by atoms with van der Waals surface area (Å²) in [5, 5.41) is 4.07. The molecule has 0 radical (unpaired) electrons. The molecule has 0 unspecified atom stereocenters. The van der Waals surface area contributed by atoms with Crippen LogP contribution in [-0.2, 0) is 14.1 Å². The molecule has 3 aromatic heterocycles. The van der Waals surface area contributed by atoms with Gasteiger partial charge in [-0.05, 0) is 23.3 Å². The molecule has 130 valence electrons. The van der Waals surface area contributed by atoms with E-state index in [1.54, 1.807) is 0 Å². The van der Waals surface area contributed by atoms with Crippen molar-refractivity contribution in [2.24, 2.45) is 14.1 Å². The summed E-state index contributed by atoms with van der Waals surface area (Å²) in [6, 6.07) is 26.2. The first kappa shape index (κ1) is 15.1. The van der Waals surface area contributed by atoms with E-state index in [0.717, 1.165) is 0 Å². The average Bonchev–Trinajstić information content (AvgIpc) is 3.32. The van der Waals surface area contributed by atoms with Gasteiger partial charge in [-0.25, -0.2) is 0 Å². The number of aromatic nitrogens is 2. The zero-order valence-corrected chi connectivity index (χ0v) is 16.0. The number of benzene rings is 3. The molecule has 0 amide bonds. The highest BCUT2D eigenvalue weighted by Gasteiger charge is 2.20. The highest BCUT2D eigenvalue weighted by Crippen LogP contribution is 2.44. The Morgan fingerprint density at radius 3 is 2.33 bits per heavy atom. The molecule has 3 heteroatoms. The third kappa shape index (κ3) is 1.89. The number of nitrogens with zero attached hydrogens (tertiary/aromatic N) is 2. The fourth-order valence-corrected chi connectivity index (χ4v) is 5.78. The van der Waals surface area contributed by atoms with Gasteiger partial charge in [0.1, 0.15) is 5.65 Å². The van der Waals surface area contributed by atoms with Crippen LogP contribution in [0.1, 0.15) is 0 Å². The average molecular weight is 366 g/mol. The summed E-state index contributed by atoms with van der Waals surface area (Å²) >= 11 is 1.91. The van der Waals surface area contributed by atoms with Gasteiger partial charge in [-0.15, -0.1) is 11.3 Å². The van der Waals surface area contributed by atoms with Crippen LogP contribution in [0.5, 0.6) is 0 Å². The van der Waals surface area contributed by atoms with Crippen molar-refractivity contribution in [3.05, 3.63) is 72.8 Å². The highest BCUT2D eigenvalue weighted by atomic mass is 32.1. The van der Waals surface area contributed by atoms with Crippen LogP contribution in [0.25, 0.3) is 53.4 Å². The SMILES string of the molecule is Cn1c2cc(-c3ccccc3)ccc2c2c3sc4ccccc4c3n(C)c21. The molecule has 0 saturated carbocycles.